The molecule has 0 atom stereocenters. The molecule has 1 aromatic heterocycles. The van der Waals surface area contributed by atoms with Crippen LogP contribution in [0.2, 0.25) is 5.02 Å². The third-order valence-electron chi connectivity index (χ3n) is 3.05. The van der Waals surface area contributed by atoms with Crippen molar-refractivity contribution in [3.63, 3.8) is 0 Å². The Labute approximate surface area is 125 Å². The van der Waals surface area contributed by atoms with E-state index < -0.39 is 0 Å². The molecular weight excluding hydrogens is 288 g/mol. The Morgan fingerprint density at radius 3 is 2.95 bits per heavy atom. The van der Waals surface area contributed by atoms with Crippen LogP contribution in [0.15, 0.2) is 42.6 Å². The van der Waals surface area contributed by atoms with Crippen molar-refractivity contribution in [3.05, 3.63) is 58.7 Å². The molecule has 0 aliphatic carbocycles. The third-order valence-corrected chi connectivity index (χ3v) is 3.38. The monoisotopic (exact) mass is 296 g/mol. The van der Waals surface area contributed by atoms with Gasteiger partial charge in [0.2, 0.25) is 0 Å². The summed E-state index contributed by atoms with van der Waals surface area (Å²) in [6.07, 6.45) is 1.68. The highest BCUT2D eigenvalue weighted by atomic mass is 35.5. The fourth-order valence-electron chi connectivity index (χ4n) is 1.96. The van der Waals surface area contributed by atoms with E-state index in [0.29, 0.717) is 21.8 Å². The number of H-pyrrole nitrogens is 1. The average Bonchev–Trinajstić information content (AvgIpc) is 2.96. The van der Waals surface area contributed by atoms with Gasteiger partial charge in [0.25, 0.3) is 5.91 Å². The predicted molar refractivity (Wildman–Crippen MR) is 80.2 cm³/mol. The van der Waals surface area contributed by atoms with Crippen molar-refractivity contribution in [3.8, 4) is 6.07 Å². The maximum Gasteiger partial charge on any atom is 0.255 e. The van der Waals surface area contributed by atoms with E-state index in [1.165, 1.54) is 6.07 Å². The molecule has 5 nitrogen and oxygen atoms in total. The van der Waals surface area contributed by atoms with Crippen LogP contribution >= 0.6 is 11.6 Å². The minimum absolute atomic E-state index is 0.302. The van der Waals surface area contributed by atoms with Gasteiger partial charge in [0.1, 0.15) is 0 Å². The van der Waals surface area contributed by atoms with Gasteiger partial charge in [0.15, 0.2) is 0 Å². The molecule has 0 aliphatic rings. The first kappa shape index (κ1) is 13.2. The summed E-state index contributed by atoms with van der Waals surface area (Å²) >= 11 is 6.02. The first-order chi connectivity index (χ1) is 10.2. The Kier molecular flexibility index (Phi) is 3.30. The van der Waals surface area contributed by atoms with E-state index in [0.717, 1.165) is 10.9 Å². The molecule has 102 valence electrons. The van der Waals surface area contributed by atoms with Gasteiger partial charge in [-0.2, -0.15) is 10.4 Å². The Balaban J connectivity index is 1.90. The van der Waals surface area contributed by atoms with E-state index in [2.05, 4.69) is 15.5 Å². The molecule has 2 N–H and O–H groups in total. The summed E-state index contributed by atoms with van der Waals surface area (Å²) in [5.74, 6) is -0.302. The number of rotatable bonds is 2. The van der Waals surface area contributed by atoms with Gasteiger partial charge in [0, 0.05) is 10.9 Å². The SMILES string of the molecule is N#Cc1ccc(Cl)c(NC(=O)c2ccc3cn[nH]c3c2)c1. The number of benzene rings is 2. The summed E-state index contributed by atoms with van der Waals surface area (Å²) in [4.78, 5) is 12.2. The van der Waals surface area contributed by atoms with Gasteiger partial charge in [-0.15, -0.1) is 0 Å². The molecule has 0 unspecified atom stereocenters. The van der Waals surface area contributed by atoms with E-state index in [4.69, 9.17) is 16.9 Å². The highest BCUT2D eigenvalue weighted by Crippen LogP contribution is 2.24. The van der Waals surface area contributed by atoms with Crippen molar-refractivity contribution in [1.29, 1.82) is 5.26 Å². The molecule has 0 bridgehead atoms. The number of carbonyl (C=O) groups is 1. The second-order valence-corrected chi connectivity index (χ2v) is 4.84. The molecule has 0 radical (unpaired) electrons. The first-order valence-electron chi connectivity index (χ1n) is 6.11. The van der Waals surface area contributed by atoms with Crippen LogP contribution in [0.25, 0.3) is 10.9 Å². The minimum atomic E-state index is -0.302. The number of hydrogen-bond acceptors (Lipinski definition) is 3. The van der Waals surface area contributed by atoms with Gasteiger partial charge in [-0.05, 0) is 30.3 Å². The number of aromatic nitrogens is 2. The summed E-state index contributed by atoms with van der Waals surface area (Å²) in [5, 5.41) is 19.6. The van der Waals surface area contributed by atoms with Crippen molar-refractivity contribution < 1.29 is 4.79 Å². The van der Waals surface area contributed by atoms with E-state index in [-0.39, 0.29) is 5.91 Å². The lowest BCUT2D eigenvalue weighted by atomic mass is 10.1. The van der Waals surface area contributed by atoms with Crippen LogP contribution in [0.5, 0.6) is 0 Å². The molecule has 1 amide bonds. The molecule has 0 aliphatic heterocycles. The minimum Gasteiger partial charge on any atom is -0.321 e. The number of nitrogens with one attached hydrogen (secondary N) is 2. The lowest BCUT2D eigenvalue weighted by molar-refractivity contribution is 0.102. The van der Waals surface area contributed by atoms with E-state index in [1.54, 1.807) is 36.5 Å². The summed E-state index contributed by atoms with van der Waals surface area (Å²) < 4.78 is 0. The number of hydrogen-bond donors (Lipinski definition) is 2. The van der Waals surface area contributed by atoms with E-state index in [9.17, 15) is 4.79 Å². The largest absolute Gasteiger partial charge is 0.321 e. The summed E-state index contributed by atoms with van der Waals surface area (Å²) in [6.45, 7) is 0. The molecule has 6 heteroatoms. The van der Waals surface area contributed by atoms with Crippen molar-refractivity contribution in [1.82, 2.24) is 10.2 Å². The number of nitriles is 1. The van der Waals surface area contributed by atoms with Gasteiger partial charge in [-0.3, -0.25) is 9.89 Å². The van der Waals surface area contributed by atoms with Crippen LogP contribution in [0.3, 0.4) is 0 Å². The van der Waals surface area contributed by atoms with Gasteiger partial charge in [-0.1, -0.05) is 17.7 Å². The Hall–Kier alpha value is -2.84. The molecule has 21 heavy (non-hydrogen) atoms. The van der Waals surface area contributed by atoms with E-state index in [1.807, 2.05) is 6.07 Å². The van der Waals surface area contributed by atoms with Crippen LogP contribution in [0, 0.1) is 11.3 Å². The third kappa shape index (κ3) is 2.57. The van der Waals surface area contributed by atoms with Gasteiger partial charge in [0.05, 0.1) is 34.1 Å². The number of carbonyl (C=O) groups excluding carboxylic acids is 1. The maximum absolute atomic E-state index is 12.2. The van der Waals surface area contributed by atoms with Gasteiger partial charge < -0.3 is 5.32 Å². The molecular formula is C15H9ClN4O. The van der Waals surface area contributed by atoms with Crippen LogP contribution in [0.4, 0.5) is 5.69 Å². The zero-order valence-electron chi connectivity index (χ0n) is 10.7. The molecule has 1 heterocycles. The van der Waals surface area contributed by atoms with Crippen LogP contribution < -0.4 is 5.32 Å². The average molecular weight is 297 g/mol. The Bertz CT molecular complexity index is 879. The normalized spacial score (nSPS) is 10.3. The number of nitrogens with zero attached hydrogens (tertiary/aromatic N) is 2. The smallest absolute Gasteiger partial charge is 0.255 e. The summed E-state index contributed by atoms with van der Waals surface area (Å²) in [6, 6.07) is 11.9. The molecule has 0 spiro atoms. The highest BCUT2D eigenvalue weighted by Gasteiger charge is 2.10. The van der Waals surface area contributed by atoms with Gasteiger partial charge in [-0.25, -0.2) is 0 Å². The van der Waals surface area contributed by atoms with E-state index >= 15 is 0 Å². The van der Waals surface area contributed by atoms with Gasteiger partial charge >= 0.3 is 0 Å². The predicted octanol–water partition coefficient (Wildman–Crippen LogP) is 3.34. The molecule has 0 fully saturated rings. The topological polar surface area (TPSA) is 81.6 Å². The maximum atomic E-state index is 12.2. The fourth-order valence-corrected chi connectivity index (χ4v) is 2.13. The van der Waals surface area contributed by atoms with Crippen LogP contribution in [-0.2, 0) is 0 Å². The number of amides is 1. The summed E-state index contributed by atoms with van der Waals surface area (Å²) in [5.41, 5.74) is 2.09. The number of aromatic amines is 1. The quantitative estimate of drug-likeness (QED) is 0.761. The second kappa shape index (κ2) is 5.27. The van der Waals surface area contributed by atoms with Crippen molar-refractivity contribution in [2.45, 2.75) is 0 Å². The molecule has 3 rings (SSSR count). The number of anilines is 1. The zero-order chi connectivity index (χ0) is 14.8. The molecule has 0 saturated heterocycles. The van der Waals surface area contributed by atoms with Crippen molar-refractivity contribution >= 4 is 34.1 Å². The zero-order valence-corrected chi connectivity index (χ0v) is 11.5. The molecule has 3 aromatic rings. The summed E-state index contributed by atoms with van der Waals surface area (Å²) in [7, 11) is 0. The number of halogens is 1. The van der Waals surface area contributed by atoms with Crippen molar-refractivity contribution in [2.24, 2.45) is 0 Å². The van der Waals surface area contributed by atoms with Crippen LogP contribution in [-0.4, -0.2) is 16.1 Å². The standard InChI is InChI=1S/C15H9ClN4O/c16-12-4-1-9(7-17)5-14(12)19-15(21)10-2-3-11-8-18-20-13(11)6-10/h1-6,8H,(H,18,20)(H,19,21). The molecule has 2 aromatic carbocycles. The second-order valence-electron chi connectivity index (χ2n) is 4.43. The highest BCUT2D eigenvalue weighted by molar-refractivity contribution is 6.34. The number of fused-ring (bicyclic) bond motifs is 1. The lowest BCUT2D eigenvalue weighted by Gasteiger charge is -2.07. The first-order valence-corrected chi connectivity index (χ1v) is 6.49. The van der Waals surface area contributed by atoms with Crippen molar-refractivity contribution in [2.75, 3.05) is 5.32 Å². The Morgan fingerprint density at radius 2 is 2.14 bits per heavy atom. The molecule has 0 saturated carbocycles. The lowest BCUT2D eigenvalue weighted by Crippen LogP contribution is -2.12. The van der Waals surface area contributed by atoms with Crippen LogP contribution in [0.1, 0.15) is 15.9 Å². The fraction of sp³-hybridized carbons (Fsp3) is 0. The Morgan fingerprint density at radius 1 is 1.29 bits per heavy atom.